The number of hydrogen-bond donors (Lipinski definition) is 1. The molecule has 1 unspecified atom stereocenters. The van der Waals surface area contributed by atoms with E-state index in [0.29, 0.717) is 19.4 Å². The van der Waals surface area contributed by atoms with E-state index in [9.17, 15) is 9.90 Å². The Bertz CT molecular complexity index is 371. The van der Waals surface area contributed by atoms with Crippen molar-refractivity contribution in [2.45, 2.75) is 39.7 Å². The first kappa shape index (κ1) is 15.2. The zero-order chi connectivity index (χ0) is 13.8. The van der Waals surface area contributed by atoms with E-state index in [1.807, 2.05) is 27.0 Å². The molecule has 0 saturated heterocycles. The van der Waals surface area contributed by atoms with Crippen LogP contribution in [0.2, 0.25) is 0 Å². The molecule has 1 atom stereocenters. The van der Waals surface area contributed by atoms with Crippen molar-refractivity contribution in [1.29, 1.82) is 0 Å². The summed E-state index contributed by atoms with van der Waals surface area (Å²) in [4.78, 5) is 14.9. The van der Waals surface area contributed by atoms with Crippen molar-refractivity contribution in [3.05, 3.63) is 22.4 Å². The predicted molar refractivity (Wildman–Crippen MR) is 76.0 cm³/mol. The number of carbonyl (C=O) groups is 1. The number of hydrogen-bond acceptors (Lipinski definition) is 3. The molecule has 1 aromatic heterocycles. The minimum atomic E-state index is -0.683. The Morgan fingerprint density at radius 1 is 1.50 bits per heavy atom. The van der Waals surface area contributed by atoms with Crippen molar-refractivity contribution in [1.82, 2.24) is 4.90 Å². The van der Waals surface area contributed by atoms with E-state index in [2.05, 4.69) is 23.3 Å². The van der Waals surface area contributed by atoms with Crippen LogP contribution in [0.5, 0.6) is 0 Å². The van der Waals surface area contributed by atoms with Crippen LogP contribution in [0.1, 0.15) is 44.5 Å². The molecule has 102 valence electrons. The number of nitrogens with zero attached hydrogens (tertiary/aromatic N) is 1. The van der Waals surface area contributed by atoms with Gasteiger partial charge in [-0.2, -0.15) is 0 Å². The number of thiophene rings is 1. The van der Waals surface area contributed by atoms with Gasteiger partial charge < -0.3 is 5.11 Å². The van der Waals surface area contributed by atoms with Crippen LogP contribution >= 0.6 is 11.3 Å². The number of rotatable bonds is 7. The first-order valence-corrected chi connectivity index (χ1v) is 7.32. The lowest BCUT2D eigenvalue weighted by atomic mass is 9.81. The number of carboxylic acids is 1. The fourth-order valence-corrected chi connectivity index (χ4v) is 3.05. The highest BCUT2D eigenvalue weighted by Crippen LogP contribution is 2.32. The Labute approximate surface area is 113 Å². The van der Waals surface area contributed by atoms with Gasteiger partial charge in [-0.15, -0.1) is 11.3 Å². The van der Waals surface area contributed by atoms with E-state index in [4.69, 9.17) is 0 Å². The third kappa shape index (κ3) is 3.12. The molecule has 3 nitrogen and oxygen atoms in total. The molecule has 0 amide bonds. The Morgan fingerprint density at radius 3 is 2.50 bits per heavy atom. The first-order valence-electron chi connectivity index (χ1n) is 6.44. The van der Waals surface area contributed by atoms with Crippen LogP contribution in [0.4, 0.5) is 0 Å². The van der Waals surface area contributed by atoms with E-state index in [1.54, 1.807) is 11.3 Å². The molecule has 0 aromatic carbocycles. The zero-order valence-electron chi connectivity index (χ0n) is 11.6. The fourth-order valence-electron chi connectivity index (χ4n) is 2.20. The summed E-state index contributed by atoms with van der Waals surface area (Å²) in [5, 5.41) is 11.5. The van der Waals surface area contributed by atoms with E-state index in [0.717, 1.165) is 0 Å². The molecule has 4 heteroatoms. The minimum Gasteiger partial charge on any atom is -0.481 e. The lowest BCUT2D eigenvalue weighted by Crippen LogP contribution is -2.41. The standard InChI is InChI=1S/C14H23NO2S/c1-5-14(6-2,13(16)17)10-15(4)11(3)12-8-7-9-18-12/h7-9,11H,5-6,10H2,1-4H3,(H,16,17). The van der Waals surface area contributed by atoms with Gasteiger partial charge in [-0.25, -0.2) is 0 Å². The minimum absolute atomic E-state index is 0.266. The molecule has 1 N–H and O–H groups in total. The van der Waals surface area contributed by atoms with Gasteiger partial charge in [-0.1, -0.05) is 19.9 Å². The van der Waals surface area contributed by atoms with E-state index < -0.39 is 11.4 Å². The van der Waals surface area contributed by atoms with Crippen LogP contribution < -0.4 is 0 Å². The molecule has 1 rings (SSSR count). The highest BCUT2D eigenvalue weighted by molar-refractivity contribution is 7.10. The lowest BCUT2D eigenvalue weighted by Gasteiger charge is -2.34. The maximum absolute atomic E-state index is 11.5. The first-order chi connectivity index (χ1) is 8.46. The maximum atomic E-state index is 11.5. The zero-order valence-corrected chi connectivity index (χ0v) is 12.5. The van der Waals surface area contributed by atoms with Crippen molar-refractivity contribution < 1.29 is 9.90 Å². The Hall–Kier alpha value is -0.870. The van der Waals surface area contributed by atoms with Gasteiger partial charge in [0.15, 0.2) is 0 Å². The third-order valence-corrected chi connectivity index (χ3v) is 5.02. The van der Waals surface area contributed by atoms with E-state index in [1.165, 1.54) is 4.88 Å². The van der Waals surface area contributed by atoms with Gasteiger partial charge in [0.2, 0.25) is 0 Å². The van der Waals surface area contributed by atoms with Gasteiger partial charge in [-0.05, 0) is 38.3 Å². The molecule has 0 bridgehead atoms. The van der Waals surface area contributed by atoms with Crippen LogP contribution in [0, 0.1) is 5.41 Å². The molecule has 0 aliphatic carbocycles. The van der Waals surface area contributed by atoms with Crippen molar-refractivity contribution in [2.24, 2.45) is 5.41 Å². The summed E-state index contributed by atoms with van der Waals surface area (Å²) in [6.45, 7) is 6.64. The summed E-state index contributed by atoms with van der Waals surface area (Å²) in [5.74, 6) is -0.683. The van der Waals surface area contributed by atoms with Crippen LogP contribution in [0.25, 0.3) is 0 Å². The average Bonchev–Trinajstić information content (AvgIpc) is 2.88. The highest BCUT2D eigenvalue weighted by atomic mass is 32.1. The SMILES string of the molecule is CCC(CC)(CN(C)C(C)c1cccs1)C(=O)O. The highest BCUT2D eigenvalue weighted by Gasteiger charge is 2.36. The molecular weight excluding hydrogens is 246 g/mol. The topological polar surface area (TPSA) is 40.5 Å². The maximum Gasteiger partial charge on any atom is 0.310 e. The molecular formula is C14H23NO2S. The van der Waals surface area contributed by atoms with Gasteiger partial charge in [0.05, 0.1) is 5.41 Å². The average molecular weight is 269 g/mol. The Kier molecular flexibility index (Phi) is 5.35. The predicted octanol–water partition coefficient (Wildman–Crippen LogP) is 3.63. The molecule has 0 radical (unpaired) electrons. The van der Waals surface area contributed by atoms with Crippen molar-refractivity contribution in [3.63, 3.8) is 0 Å². The van der Waals surface area contributed by atoms with Crippen molar-refractivity contribution in [2.75, 3.05) is 13.6 Å². The fraction of sp³-hybridized carbons (Fsp3) is 0.643. The van der Waals surface area contributed by atoms with Crippen molar-refractivity contribution >= 4 is 17.3 Å². The molecule has 0 fully saturated rings. The van der Waals surface area contributed by atoms with Gasteiger partial charge in [0.25, 0.3) is 0 Å². The summed E-state index contributed by atoms with van der Waals surface area (Å²) < 4.78 is 0. The summed E-state index contributed by atoms with van der Waals surface area (Å²) >= 11 is 1.72. The van der Waals surface area contributed by atoms with Gasteiger partial charge in [0.1, 0.15) is 0 Å². The molecule has 0 saturated carbocycles. The quantitative estimate of drug-likeness (QED) is 0.821. The summed E-state index contributed by atoms with van der Waals surface area (Å²) in [6.07, 6.45) is 1.33. The van der Waals surface area contributed by atoms with Crippen LogP contribution in [0.3, 0.4) is 0 Å². The van der Waals surface area contributed by atoms with Gasteiger partial charge >= 0.3 is 5.97 Å². The molecule has 0 aliphatic heterocycles. The third-order valence-electron chi connectivity index (χ3n) is 3.98. The molecule has 18 heavy (non-hydrogen) atoms. The van der Waals surface area contributed by atoms with Crippen LogP contribution in [-0.2, 0) is 4.79 Å². The van der Waals surface area contributed by atoms with Gasteiger partial charge in [0, 0.05) is 17.5 Å². The molecule has 0 spiro atoms. The second-order valence-electron chi connectivity index (χ2n) is 4.90. The second kappa shape index (κ2) is 6.34. The largest absolute Gasteiger partial charge is 0.481 e. The summed E-state index contributed by atoms with van der Waals surface area (Å²) in [6, 6.07) is 4.41. The normalized spacial score (nSPS) is 13.8. The van der Waals surface area contributed by atoms with Gasteiger partial charge in [-0.3, -0.25) is 9.69 Å². The second-order valence-corrected chi connectivity index (χ2v) is 5.88. The van der Waals surface area contributed by atoms with Crippen LogP contribution in [-0.4, -0.2) is 29.6 Å². The van der Waals surface area contributed by atoms with E-state index >= 15 is 0 Å². The van der Waals surface area contributed by atoms with Crippen LogP contribution in [0.15, 0.2) is 17.5 Å². The molecule has 0 aliphatic rings. The molecule has 1 aromatic rings. The smallest absolute Gasteiger partial charge is 0.310 e. The monoisotopic (exact) mass is 269 g/mol. The summed E-state index contributed by atoms with van der Waals surface area (Å²) in [5.41, 5.74) is -0.625. The van der Waals surface area contributed by atoms with E-state index in [-0.39, 0.29) is 6.04 Å². The Morgan fingerprint density at radius 2 is 2.11 bits per heavy atom. The van der Waals surface area contributed by atoms with Crippen molar-refractivity contribution in [3.8, 4) is 0 Å². The number of carboxylic acid groups (broad SMARTS) is 1. The lowest BCUT2D eigenvalue weighted by molar-refractivity contribution is -0.151. The summed E-state index contributed by atoms with van der Waals surface area (Å²) in [7, 11) is 2.01. The molecule has 1 heterocycles. The Balaban J connectivity index is 2.79. The number of aliphatic carboxylic acids is 1.